The van der Waals surface area contributed by atoms with Crippen molar-refractivity contribution in [1.82, 2.24) is 10.2 Å². The number of carbonyl (C=O) groups is 2. The third-order valence-electron chi connectivity index (χ3n) is 3.81. The lowest BCUT2D eigenvalue weighted by atomic mass is 9.95. The lowest BCUT2D eigenvalue weighted by Gasteiger charge is -2.31. The van der Waals surface area contributed by atoms with Crippen LogP contribution in [-0.4, -0.2) is 36.3 Å². The van der Waals surface area contributed by atoms with E-state index >= 15 is 0 Å². The van der Waals surface area contributed by atoms with Gasteiger partial charge in [0, 0.05) is 29.1 Å². The number of carbonyl (C=O) groups excluding carboxylic acids is 2. The fourth-order valence-electron chi connectivity index (χ4n) is 2.54. The molecule has 2 rings (SSSR count). The zero-order chi connectivity index (χ0) is 15.2. The molecule has 0 radical (unpaired) electrons. The summed E-state index contributed by atoms with van der Waals surface area (Å²) in [7, 11) is 0. The number of hydrogen-bond acceptors (Lipinski definition) is 2. The van der Waals surface area contributed by atoms with E-state index in [2.05, 4.69) is 27.9 Å². The summed E-state index contributed by atoms with van der Waals surface area (Å²) >= 11 is 2.19. The molecule has 0 unspecified atom stereocenters. The van der Waals surface area contributed by atoms with Gasteiger partial charge >= 0.3 is 0 Å². The number of nitrogens with zero attached hydrogens (tertiary/aromatic N) is 1. The molecule has 1 fully saturated rings. The molecule has 0 bridgehead atoms. The SMILES string of the molecule is CCCNC(=O)C1CCN(C(=O)c2ccccc2I)CC1. The van der Waals surface area contributed by atoms with Gasteiger partial charge in [0.25, 0.3) is 5.91 Å². The van der Waals surface area contributed by atoms with Crippen LogP contribution in [0.25, 0.3) is 0 Å². The summed E-state index contributed by atoms with van der Waals surface area (Å²) in [5.41, 5.74) is 0.756. The molecule has 1 N–H and O–H groups in total. The zero-order valence-electron chi connectivity index (χ0n) is 12.3. The van der Waals surface area contributed by atoms with Gasteiger partial charge in [0.15, 0.2) is 0 Å². The predicted molar refractivity (Wildman–Crippen MR) is 91.1 cm³/mol. The highest BCUT2D eigenvalue weighted by Gasteiger charge is 2.28. The van der Waals surface area contributed by atoms with Crippen LogP contribution in [-0.2, 0) is 4.79 Å². The van der Waals surface area contributed by atoms with Crippen molar-refractivity contribution in [3.8, 4) is 0 Å². The highest BCUT2D eigenvalue weighted by Crippen LogP contribution is 2.21. The average molecular weight is 400 g/mol. The molecular formula is C16H21IN2O2. The molecule has 1 aromatic carbocycles. The first-order valence-electron chi connectivity index (χ1n) is 7.45. The highest BCUT2D eigenvalue weighted by atomic mass is 127. The average Bonchev–Trinajstić information content (AvgIpc) is 2.52. The van der Waals surface area contributed by atoms with Crippen molar-refractivity contribution in [2.24, 2.45) is 5.92 Å². The van der Waals surface area contributed by atoms with E-state index in [0.717, 1.165) is 34.9 Å². The van der Waals surface area contributed by atoms with Crippen molar-refractivity contribution < 1.29 is 9.59 Å². The van der Waals surface area contributed by atoms with Gasteiger partial charge in [-0.1, -0.05) is 19.1 Å². The summed E-state index contributed by atoms with van der Waals surface area (Å²) in [6.45, 7) is 4.10. The van der Waals surface area contributed by atoms with Crippen molar-refractivity contribution >= 4 is 34.4 Å². The molecule has 21 heavy (non-hydrogen) atoms. The Morgan fingerprint density at radius 2 is 1.95 bits per heavy atom. The van der Waals surface area contributed by atoms with E-state index in [1.54, 1.807) is 0 Å². The summed E-state index contributed by atoms with van der Waals surface area (Å²) in [6.07, 6.45) is 2.46. The van der Waals surface area contributed by atoms with Crippen molar-refractivity contribution in [1.29, 1.82) is 0 Å². The second-order valence-electron chi connectivity index (χ2n) is 5.34. The molecule has 2 amide bonds. The molecule has 0 saturated carbocycles. The van der Waals surface area contributed by atoms with Crippen molar-refractivity contribution in [2.75, 3.05) is 19.6 Å². The van der Waals surface area contributed by atoms with Crippen molar-refractivity contribution in [3.63, 3.8) is 0 Å². The number of hydrogen-bond donors (Lipinski definition) is 1. The molecule has 0 aromatic heterocycles. The van der Waals surface area contributed by atoms with Crippen LogP contribution in [0.3, 0.4) is 0 Å². The molecule has 1 aromatic rings. The molecule has 1 saturated heterocycles. The third-order valence-corrected chi connectivity index (χ3v) is 4.75. The Morgan fingerprint density at radius 1 is 1.29 bits per heavy atom. The van der Waals surface area contributed by atoms with E-state index in [1.165, 1.54) is 0 Å². The van der Waals surface area contributed by atoms with E-state index in [1.807, 2.05) is 36.1 Å². The fraction of sp³-hybridized carbons (Fsp3) is 0.500. The van der Waals surface area contributed by atoms with Crippen LogP contribution in [0.2, 0.25) is 0 Å². The number of amides is 2. The smallest absolute Gasteiger partial charge is 0.254 e. The van der Waals surface area contributed by atoms with Crippen LogP contribution >= 0.6 is 22.6 Å². The first-order chi connectivity index (χ1) is 10.1. The van der Waals surface area contributed by atoms with Gasteiger partial charge in [-0.3, -0.25) is 9.59 Å². The molecule has 1 aliphatic rings. The molecule has 0 spiro atoms. The van der Waals surface area contributed by atoms with Crippen LogP contribution < -0.4 is 5.32 Å². The first-order valence-corrected chi connectivity index (χ1v) is 8.53. The van der Waals surface area contributed by atoms with Gasteiger partial charge in [0.05, 0.1) is 5.56 Å². The second-order valence-corrected chi connectivity index (χ2v) is 6.50. The summed E-state index contributed by atoms with van der Waals surface area (Å²) < 4.78 is 0.975. The van der Waals surface area contributed by atoms with Gasteiger partial charge in [-0.05, 0) is 54.0 Å². The van der Waals surface area contributed by atoms with E-state index in [4.69, 9.17) is 0 Å². The number of nitrogens with one attached hydrogen (secondary N) is 1. The Hall–Kier alpha value is -1.11. The highest BCUT2D eigenvalue weighted by molar-refractivity contribution is 14.1. The zero-order valence-corrected chi connectivity index (χ0v) is 14.4. The summed E-state index contributed by atoms with van der Waals surface area (Å²) in [5, 5.41) is 2.94. The maximum absolute atomic E-state index is 12.5. The number of halogens is 1. The fourth-order valence-corrected chi connectivity index (χ4v) is 3.16. The van der Waals surface area contributed by atoms with Crippen LogP contribution in [0.4, 0.5) is 0 Å². The van der Waals surface area contributed by atoms with E-state index in [0.29, 0.717) is 13.1 Å². The molecule has 0 atom stereocenters. The number of rotatable bonds is 4. The third kappa shape index (κ3) is 4.18. The molecule has 1 heterocycles. The van der Waals surface area contributed by atoms with E-state index < -0.39 is 0 Å². The maximum atomic E-state index is 12.5. The van der Waals surface area contributed by atoms with Gasteiger partial charge in [-0.15, -0.1) is 0 Å². The summed E-state index contributed by atoms with van der Waals surface area (Å²) in [6, 6.07) is 7.63. The molecule has 4 nitrogen and oxygen atoms in total. The maximum Gasteiger partial charge on any atom is 0.254 e. The molecule has 1 aliphatic heterocycles. The lowest BCUT2D eigenvalue weighted by Crippen LogP contribution is -2.43. The Kier molecular flexibility index (Phi) is 6.02. The van der Waals surface area contributed by atoms with Crippen LogP contribution in [0.5, 0.6) is 0 Å². The minimum Gasteiger partial charge on any atom is -0.356 e. The number of piperidine rings is 1. The van der Waals surface area contributed by atoms with Crippen LogP contribution in [0, 0.1) is 9.49 Å². The molecule has 114 valence electrons. The Morgan fingerprint density at radius 3 is 2.57 bits per heavy atom. The molecule has 0 aliphatic carbocycles. The Labute approximate surface area is 139 Å². The van der Waals surface area contributed by atoms with Crippen molar-refractivity contribution in [2.45, 2.75) is 26.2 Å². The second kappa shape index (κ2) is 7.77. The lowest BCUT2D eigenvalue weighted by molar-refractivity contribution is -0.126. The number of likely N-dealkylation sites (tertiary alicyclic amines) is 1. The van der Waals surface area contributed by atoms with E-state index in [9.17, 15) is 9.59 Å². The number of benzene rings is 1. The standard InChI is InChI=1S/C16H21IN2O2/c1-2-9-18-15(20)12-7-10-19(11-8-12)16(21)13-5-3-4-6-14(13)17/h3-6,12H,2,7-11H2,1H3,(H,18,20). The summed E-state index contributed by atoms with van der Waals surface area (Å²) in [5.74, 6) is 0.265. The normalized spacial score (nSPS) is 15.8. The molecular weight excluding hydrogens is 379 g/mol. The van der Waals surface area contributed by atoms with Gasteiger partial charge < -0.3 is 10.2 Å². The predicted octanol–water partition coefficient (Wildman–Crippen LogP) is 2.67. The van der Waals surface area contributed by atoms with Gasteiger partial charge in [-0.2, -0.15) is 0 Å². The first kappa shape index (κ1) is 16.3. The minimum absolute atomic E-state index is 0.0513. The van der Waals surface area contributed by atoms with Gasteiger partial charge in [0.2, 0.25) is 5.91 Å². The Bertz CT molecular complexity index is 511. The van der Waals surface area contributed by atoms with E-state index in [-0.39, 0.29) is 17.7 Å². The topological polar surface area (TPSA) is 49.4 Å². The van der Waals surface area contributed by atoms with Gasteiger partial charge in [0.1, 0.15) is 0 Å². The van der Waals surface area contributed by atoms with Crippen molar-refractivity contribution in [3.05, 3.63) is 33.4 Å². The monoisotopic (exact) mass is 400 g/mol. The van der Waals surface area contributed by atoms with Crippen LogP contribution in [0.15, 0.2) is 24.3 Å². The van der Waals surface area contributed by atoms with Crippen LogP contribution in [0.1, 0.15) is 36.5 Å². The molecule has 5 heteroatoms. The quantitative estimate of drug-likeness (QED) is 0.791. The Balaban J connectivity index is 1.91. The summed E-state index contributed by atoms with van der Waals surface area (Å²) in [4.78, 5) is 26.3. The van der Waals surface area contributed by atoms with Gasteiger partial charge in [-0.25, -0.2) is 0 Å². The minimum atomic E-state index is 0.0513. The largest absolute Gasteiger partial charge is 0.356 e.